The predicted molar refractivity (Wildman–Crippen MR) is 130 cm³/mol. The number of hydrogen-bond donors (Lipinski definition) is 0. The van der Waals surface area contributed by atoms with E-state index < -0.39 is 0 Å². The number of carbonyl (C=O) groups is 1. The lowest BCUT2D eigenvalue weighted by Gasteiger charge is -2.20. The summed E-state index contributed by atoms with van der Waals surface area (Å²) in [6.45, 7) is 7.71. The Hall–Kier alpha value is -2.64. The van der Waals surface area contributed by atoms with Gasteiger partial charge in [-0.25, -0.2) is 9.97 Å². The summed E-state index contributed by atoms with van der Waals surface area (Å²) in [6, 6.07) is 12.5. The Balaban J connectivity index is 1.53. The van der Waals surface area contributed by atoms with Gasteiger partial charge in [-0.2, -0.15) is 0 Å². The lowest BCUT2D eigenvalue weighted by molar-refractivity contribution is -0.116. The van der Waals surface area contributed by atoms with Gasteiger partial charge in [0.2, 0.25) is 5.91 Å². The van der Waals surface area contributed by atoms with Gasteiger partial charge in [0.05, 0.1) is 22.3 Å². The van der Waals surface area contributed by atoms with Gasteiger partial charge >= 0.3 is 0 Å². The van der Waals surface area contributed by atoms with Crippen molar-refractivity contribution in [2.24, 2.45) is 0 Å². The monoisotopic (exact) mass is 450 g/mol. The Morgan fingerprint density at radius 1 is 1.13 bits per heavy atom. The number of aromatic nitrogens is 3. The minimum Gasteiger partial charge on any atom is -0.337 e. The third-order valence-electron chi connectivity index (χ3n) is 5.35. The SMILES string of the molecule is Cc1ccc(SCC(=O)N(CCCn2ccnc2)c2nc3c(C)c(C)ccc3s2)cc1. The first-order valence-electron chi connectivity index (χ1n) is 10.3. The number of rotatable bonds is 8. The molecule has 0 atom stereocenters. The van der Waals surface area contributed by atoms with Gasteiger partial charge in [0.1, 0.15) is 0 Å². The molecule has 31 heavy (non-hydrogen) atoms. The van der Waals surface area contributed by atoms with Crippen LogP contribution in [0.4, 0.5) is 5.13 Å². The molecule has 0 saturated heterocycles. The number of aryl methyl sites for hydroxylation is 4. The van der Waals surface area contributed by atoms with Crippen LogP contribution in [0.3, 0.4) is 0 Å². The third kappa shape index (κ3) is 5.17. The highest BCUT2D eigenvalue weighted by Crippen LogP contribution is 2.32. The molecule has 0 fully saturated rings. The van der Waals surface area contributed by atoms with Crippen LogP contribution in [0.5, 0.6) is 0 Å². The van der Waals surface area contributed by atoms with Gasteiger partial charge in [-0.3, -0.25) is 9.69 Å². The molecule has 0 aliphatic heterocycles. The lowest BCUT2D eigenvalue weighted by Crippen LogP contribution is -2.33. The minimum absolute atomic E-state index is 0.0876. The van der Waals surface area contributed by atoms with Gasteiger partial charge in [-0.1, -0.05) is 35.1 Å². The highest BCUT2D eigenvalue weighted by Gasteiger charge is 2.20. The first-order valence-corrected chi connectivity index (χ1v) is 12.1. The molecule has 2 heterocycles. The summed E-state index contributed by atoms with van der Waals surface area (Å²) < 4.78 is 3.16. The highest BCUT2D eigenvalue weighted by molar-refractivity contribution is 8.00. The summed E-state index contributed by atoms with van der Waals surface area (Å²) in [4.78, 5) is 25.2. The number of imidazole rings is 1. The number of amides is 1. The molecule has 1 amide bonds. The normalized spacial score (nSPS) is 11.2. The summed E-state index contributed by atoms with van der Waals surface area (Å²) in [7, 11) is 0. The van der Waals surface area contributed by atoms with Crippen molar-refractivity contribution < 1.29 is 4.79 Å². The van der Waals surface area contributed by atoms with Gasteiger partial charge in [-0.05, 0) is 56.5 Å². The summed E-state index contributed by atoms with van der Waals surface area (Å²) in [5.74, 6) is 0.479. The van der Waals surface area contributed by atoms with Crippen LogP contribution in [-0.2, 0) is 11.3 Å². The maximum Gasteiger partial charge on any atom is 0.239 e. The van der Waals surface area contributed by atoms with Crippen LogP contribution in [0.15, 0.2) is 60.0 Å². The molecule has 0 N–H and O–H groups in total. The van der Waals surface area contributed by atoms with E-state index >= 15 is 0 Å². The van der Waals surface area contributed by atoms with E-state index in [1.165, 1.54) is 16.7 Å². The van der Waals surface area contributed by atoms with E-state index in [9.17, 15) is 4.79 Å². The maximum absolute atomic E-state index is 13.3. The largest absolute Gasteiger partial charge is 0.337 e. The van der Waals surface area contributed by atoms with Crippen LogP contribution >= 0.6 is 23.1 Å². The van der Waals surface area contributed by atoms with Crippen molar-refractivity contribution in [3.63, 3.8) is 0 Å². The second-order valence-electron chi connectivity index (χ2n) is 7.65. The molecule has 7 heteroatoms. The van der Waals surface area contributed by atoms with Gasteiger partial charge in [0.15, 0.2) is 5.13 Å². The lowest BCUT2D eigenvalue weighted by atomic mass is 10.1. The molecule has 0 bridgehead atoms. The number of fused-ring (bicyclic) bond motifs is 1. The zero-order valence-corrected chi connectivity index (χ0v) is 19.7. The topological polar surface area (TPSA) is 51.0 Å². The molecule has 4 rings (SSSR count). The molecule has 0 saturated carbocycles. The van der Waals surface area contributed by atoms with E-state index in [-0.39, 0.29) is 5.91 Å². The Morgan fingerprint density at radius 2 is 1.94 bits per heavy atom. The van der Waals surface area contributed by atoms with Crippen molar-refractivity contribution >= 4 is 44.4 Å². The maximum atomic E-state index is 13.3. The first-order chi connectivity index (χ1) is 15.0. The first kappa shape index (κ1) is 21.6. The van der Waals surface area contributed by atoms with E-state index in [0.717, 1.165) is 33.2 Å². The molecule has 0 unspecified atom stereocenters. The van der Waals surface area contributed by atoms with Gasteiger partial charge < -0.3 is 4.57 Å². The zero-order chi connectivity index (χ0) is 21.8. The Kier molecular flexibility index (Phi) is 6.73. The number of thiazole rings is 1. The molecule has 2 aromatic heterocycles. The van der Waals surface area contributed by atoms with E-state index in [2.05, 4.69) is 62.2 Å². The molecular formula is C24H26N4OS2. The van der Waals surface area contributed by atoms with Crippen molar-refractivity contribution in [3.8, 4) is 0 Å². The summed E-state index contributed by atoms with van der Waals surface area (Å²) in [5.41, 5.74) is 4.62. The average molecular weight is 451 g/mol. The van der Waals surface area contributed by atoms with Crippen molar-refractivity contribution in [2.75, 3.05) is 17.2 Å². The molecule has 0 radical (unpaired) electrons. The summed E-state index contributed by atoms with van der Waals surface area (Å²) in [5, 5.41) is 0.781. The Labute approximate surface area is 191 Å². The van der Waals surface area contributed by atoms with Crippen LogP contribution < -0.4 is 4.90 Å². The van der Waals surface area contributed by atoms with E-state index in [1.54, 1.807) is 29.3 Å². The van der Waals surface area contributed by atoms with Gasteiger partial charge in [0.25, 0.3) is 0 Å². The van der Waals surface area contributed by atoms with E-state index in [1.807, 2.05) is 22.0 Å². The molecule has 0 spiro atoms. The van der Waals surface area contributed by atoms with Crippen LogP contribution in [0.2, 0.25) is 0 Å². The number of nitrogens with zero attached hydrogens (tertiary/aromatic N) is 4. The van der Waals surface area contributed by atoms with Crippen molar-refractivity contribution in [3.05, 3.63) is 71.8 Å². The van der Waals surface area contributed by atoms with Crippen molar-refractivity contribution in [2.45, 2.75) is 38.6 Å². The van der Waals surface area contributed by atoms with Crippen LogP contribution in [0.1, 0.15) is 23.1 Å². The van der Waals surface area contributed by atoms with Gasteiger partial charge in [0, 0.05) is 30.4 Å². The standard InChI is InChI=1S/C24H26N4OS2/c1-17-5-8-20(9-6-17)30-15-22(29)28(13-4-12-27-14-11-25-16-27)24-26-23-19(3)18(2)7-10-21(23)31-24/h5-11,14,16H,4,12-13,15H2,1-3H3. The zero-order valence-electron chi connectivity index (χ0n) is 18.0. The highest BCUT2D eigenvalue weighted by atomic mass is 32.2. The number of carbonyl (C=O) groups excluding carboxylic acids is 1. The van der Waals surface area contributed by atoms with E-state index in [0.29, 0.717) is 12.3 Å². The second-order valence-corrected chi connectivity index (χ2v) is 9.71. The summed E-state index contributed by atoms with van der Waals surface area (Å²) in [6.07, 6.45) is 6.37. The molecule has 4 aromatic rings. The Morgan fingerprint density at radius 3 is 2.68 bits per heavy atom. The van der Waals surface area contributed by atoms with Crippen LogP contribution in [0.25, 0.3) is 10.2 Å². The second kappa shape index (κ2) is 9.66. The molecule has 0 aliphatic rings. The van der Waals surface area contributed by atoms with E-state index in [4.69, 9.17) is 4.98 Å². The Bertz CT molecular complexity index is 1170. The molecular weight excluding hydrogens is 424 g/mol. The fourth-order valence-electron chi connectivity index (χ4n) is 3.34. The molecule has 2 aromatic carbocycles. The van der Waals surface area contributed by atoms with Crippen LogP contribution in [-0.4, -0.2) is 32.7 Å². The predicted octanol–water partition coefficient (Wildman–Crippen LogP) is 5.63. The number of hydrogen-bond acceptors (Lipinski definition) is 5. The third-order valence-corrected chi connectivity index (χ3v) is 7.39. The minimum atomic E-state index is 0.0876. The molecule has 0 aliphatic carbocycles. The molecule has 5 nitrogen and oxygen atoms in total. The summed E-state index contributed by atoms with van der Waals surface area (Å²) >= 11 is 3.17. The van der Waals surface area contributed by atoms with Crippen molar-refractivity contribution in [1.82, 2.24) is 14.5 Å². The van der Waals surface area contributed by atoms with Gasteiger partial charge in [-0.15, -0.1) is 11.8 Å². The fraction of sp³-hybridized carbons (Fsp3) is 0.292. The number of thioether (sulfide) groups is 1. The van der Waals surface area contributed by atoms with Crippen molar-refractivity contribution in [1.29, 1.82) is 0 Å². The quantitative estimate of drug-likeness (QED) is 0.326. The average Bonchev–Trinajstić information content (AvgIpc) is 3.43. The number of benzene rings is 2. The smallest absolute Gasteiger partial charge is 0.239 e. The van der Waals surface area contributed by atoms with Crippen LogP contribution in [0, 0.1) is 20.8 Å². The number of anilines is 1. The molecule has 160 valence electrons. The fourth-order valence-corrected chi connectivity index (χ4v) is 5.19.